The molecule has 1 aliphatic carbocycles. The number of hydrogen-bond acceptors (Lipinski definition) is 1. The molecule has 0 aliphatic heterocycles. The normalized spacial score (nSPS) is 35.3. The maximum Gasteiger partial charge on any atom is 0.00647 e. The second-order valence-electron chi connectivity index (χ2n) is 5.02. The Labute approximate surface area is 85.3 Å². The molecule has 1 atom stereocenters. The van der Waals surface area contributed by atoms with Crippen molar-refractivity contribution >= 4 is 9.24 Å². The van der Waals surface area contributed by atoms with Gasteiger partial charge in [0, 0.05) is 6.04 Å². The Bertz CT molecular complexity index is 148. The lowest BCUT2D eigenvalue weighted by Gasteiger charge is -2.38. The van der Waals surface area contributed by atoms with E-state index >= 15 is 0 Å². The van der Waals surface area contributed by atoms with Gasteiger partial charge < -0.3 is 5.32 Å². The molecule has 1 saturated carbocycles. The second kappa shape index (κ2) is 4.75. The zero-order chi connectivity index (χ0) is 9.90. The molecule has 1 rings (SSSR count). The van der Waals surface area contributed by atoms with Gasteiger partial charge in [-0.1, -0.05) is 13.8 Å². The first-order valence-electron chi connectivity index (χ1n) is 5.52. The van der Waals surface area contributed by atoms with Gasteiger partial charge in [-0.2, -0.15) is 0 Å². The summed E-state index contributed by atoms with van der Waals surface area (Å²) in [7, 11) is 5.20. The van der Waals surface area contributed by atoms with Crippen molar-refractivity contribution in [3.8, 4) is 0 Å². The van der Waals surface area contributed by atoms with E-state index in [1.165, 1.54) is 32.1 Å². The Morgan fingerprint density at radius 3 is 2.31 bits per heavy atom. The summed E-state index contributed by atoms with van der Waals surface area (Å²) in [5, 5.41) is 3.94. The molecule has 1 N–H and O–H groups in total. The zero-order valence-electron chi connectivity index (χ0n) is 9.27. The Morgan fingerprint density at radius 2 is 1.92 bits per heavy atom. The lowest BCUT2D eigenvalue weighted by Crippen LogP contribution is -2.37. The summed E-state index contributed by atoms with van der Waals surface area (Å²) in [6.45, 7) is 4.66. The van der Waals surface area contributed by atoms with E-state index in [0.29, 0.717) is 5.16 Å². The van der Waals surface area contributed by atoms with Crippen LogP contribution >= 0.6 is 9.24 Å². The van der Waals surface area contributed by atoms with E-state index in [9.17, 15) is 0 Å². The van der Waals surface area contributed by atoms with E-state index in [-0.39, 0.29) is 0 Å². The molecule has 0 aromatic rings. The van der Waals surface area contributed by atoms with Gasteiger partial charge in [0.25, 0.3) is 0 Å². The fourth-order valence-electron chi connectivity index (χ4n) is 2.50. The molecule has 1 fully saturated rings. The molecule has 1 nitrogen and oxygen atoms in total. The largest absolute Gasteiger partial charge is 0.317 e. The van der Waals surface area contributed by atoms with Gasteiger partial charge in [-0.05, 0) is 50.2 Å². The monoisotopic (exact) mass is 201 g/mol. The molecule has 0 bridgehead atoms. The van der Waals surface area contributed by atoms with Crippen molar-refractivity contribution in [3.05, 3.63) is 0 Å². The van der Waals surface area contributed by atoms with Crippen molar-refractivity contribution in [2.75, 3.05) is 7.05 Å². The molecule has 78 valence electrons. The van der Waals surface area contributed by atoms with Gasteiger partial charge in [-0.15, -0.1) is 9.24 Å². The second-order valence-corrected chi connectivity index (χ2v) is 6.25. The maximum atomic E-state index is 3.39. The van der Waals surface area contributed by atoms with Crippen LogP contribution in [0.25, 0.3) is 0 Å². The van der Waals surface area contributed by atoms with Crippen LogP contribution in [0.4, 0.5) is 0 Å². The van der Waals surface area contributed by atoms with E-state index in [1.54, 1.807) is 0 Å². The number of rotatable bonds is 3. The highest BCUT2D eigenvalue weighted by atomic mass is 31.0. The van der Waals surface area contributed by atoms with E-state index in [0.717, 1.165) is 12.0 Å². The molecule has 0 aromatic carbocycles. The fraction of sp³-hybridized carbons (Fsp3) is 1.00. The first kappa shape index (κ1) is 11.5. The quantitative estimate of drug-likeness (QED) is 0.692. The molecule has 1 unspecified atom stereocenters. The predicted octanol–water partition coefficient (Wildman–Crippen LogP) is 2.81. The predicted molar refractivity (Wildman–Crippen MR) is 63.2 cm³/mol. The van der Waals surface area contributed by atoms with Crippen molar-refractivity contribution < 1.29 is 0 Å². The van der Waals surface area contributed by atoms with Gasteiger partial charge >= 0.3 is 0 Å². The molecule has 0 aromatic heterocycles. The van der Waals surface area contributed by atoms with Crippen LogP contribution in [0.2, 0.25) is 0 Å². The Kier molecular flexibility index (Phi) is 4.19. The molecular formula is C11H24NP. The van der Waals surface area contributed by atoms with Gasteiger partial charge in [0.2, 0.25) is 0 Å². The summed E-state index contributed by atoms with van der Waals surface area (Å²) >= 11 is 0. The molecular weight excluding hydrogens is 177 g/mol. The average Bonchev–Trinajstić information content (AvgIpc) is 2.04. The van der Waals surface area contributed by atoms with Gasteiger partial charge in [0.05, 0.1) is 0 Å². The Morgan fingerprint density at radius 1 is 1.38 bits per heavy atom. The minimum atomic E-state index is 0.557. The van der Waals surface area contributed by atoms with E-state index in [4.69, 9.17) is 0 Å². The van der Waals surface area contributed by atoms with Crippen molar-refractivity contribution in [1.82, 2.24) is 5.32 Å². The lowest BCUT2D eigenvalue weighted by molar-refractivity contribution is 0.296. The van der Waals surface area contributed by atoms with Crippen molar-refractivity contribution in [1.29, 1.82) is 0 Å². The number of nitrogens with one attached hydrogen (secondary N) is 1. The van der Waals surface area contributed by atoms with Crippen LogP contribution in [-0.4, -0.2) is 18.2 Å². The standard InChI is InChI=1S/C11H24NP/c1-9(2)8-11(13)6-4-10(12-3)5-7-11/h9-10,12H,4-8,13H2,1-3H3. The zero-order valence-corrected chi connectivity index (χ0v) is 10.4. The third kappa shape index (κ3) is 3.56. The lowest BCUT2D eigenvalue weighted by atomic mass is 9.80. The minimum absolute atomic E-state index is 0.557. The van der Waals surface area contributed by atoms with E-state index < -0.39 is 0 Å². The third-order valence-corrected chi connectivity index (χ3v) is 4.02. The van der Waals surface area contributed by atoms with Gasteiger partial charge in [0.1, 0.15) is 0 Å². The highest BCUT2D eigenvalue weighted by Gasteiger charge is 2.30. The smallest absolute Gasteiger partial charge is 0.00647 e. The van der Waals surface area contributed by atoms with Crippen LogP contribution in [0.3, 0.4) is 0 Å². The molecule has 0 spiro atoms. The summed E-state index contributed by atoms with van der Waals surface area (Å²) in [6, 6.07) is 0.779. The average molecular weight is 201 g/mol. The van der Waals surface area contributed by atoms with Crippen LogP contribution in [-0.2, 0) is 0 Å². The maximum absolute atomic E-state index is 3.39. The third-order valence-electron chi connectivity index (χ3n) is 3.20. The van der Waals surface area contributed by atoms with Crippen LogP contribution in [0.15, 0.2) is 0 Å². The van der Waals surface area contributed by atoms with E-state index in [2.05, 4.69) is 35.5 Å². The molecule has 13 heavy (non-hydrogen) atoms. The van der Waals surface area contributed by atoms with Crippen molar-refractivity contribution in [2.45, 2.75) is 57.1 Å². The molecule has 2 heteroatoms. The minimum Gasteiger partial charge on any atom is -0.317 e. The first-order valence-corrected chi connectivity index (χ1v) is 6.09. The van der Waals surface area contributed by atoms with Crippen LogP contribution in [0, 0.1) is 5.92 Å². The van der Waals surface area contributed by atoms with E-state index in [1.807, 2.05) is 0 Å². The molecule has 0 heterocycles. The molecule has 1 aliphatic rings. The van der Waals surface area contributed by atoms with Crippen molar-refractivity contribution in [3.63, 3.8) is 0 Å². The molecule has 0 saturated heterocycles. The Balaban J connectivity index is 2.37. The van der Waals surface area contributed by atoms with Crippen molar-refractivity contribution in [2.24, 2.45) is 5.92 Å². The topological polar surface area (TPSA) is 12.0 Å². The van der Waals surface area contributed by atoms with Gasteiger partial charge in [-0.3, -0.25) is 0 Å². The number of hydrogen-bond donors (Lipinski definition) is 1. The summed E-state index contributed by atoms with van der Waals surface area (Å²) in [5.41, 5.74) is 0. The summed E-state index contributed by atoms with van der Waals surface area (Å²) in [4.78, 5) is 0. The molecule has 0 radical (unpaired) electrons. The van der Waals surface area contributed by atoms with Crippen LogP contribution in [0.5, 0.6) is 0 Å². The highest BCUT2D eigenvalue weighted by molar-refractivity contribution is 7.19. The fourth-order valence-corrected chi connectivity index (χ4v) is 3.30. The van der Waals surface area contributed by atoms with Gasteiger partial charge in [0.15, 0.2) is 0 Å². The summed E-state index contributed by atoms with van der Waals surface area (Å²) in [5.74, 6) is 0.837. The van der Waals surface area contributed by atoms with Crippen LogP contribution in [0.1, 0.15) is 46.0 Å². The first-order chi connectivity index (χ1) is 6.06. The summed E-state index contributed by atoms with van der Waals surface area (Å²) in [6.07, 6.45) is 6.83. The highest BCUT2D eigenvalue weighted by Crippen LogP contribution is 2.40. The molecule has 0 amide bonds. The SMILES string of the molecule is CNC1CCC(P)(CC(C)C)CC1. The van der Waals surface area contributed by atoms with Crippen LogP contribution < -0.4 is 5.32 Å². The summed E-state index contributed by atoms with van der Waals surface area (Å²) < 4.78 is 0. The Hall–Kier alpha value is 0.390. The van der Waals surface area contributed by atoms with Gasteiger partial charge in [-0.25, -0.2) is 0 Å².